The Morgan fingerprint density at radius 2 is 2.00 bits per heavy atom. The molecule has 0 saturated heterocycles. The van der Waals surface area contributed by atoms with Crippen molar-refractivity contribution in [2.45, 2.75) is 32.7 Å². The molecule has 8 heteroatoms. The smallest absolute Gasteiger partial charge is 0.342 e. The lowest BCUT2D eigenvalue weighted by atomic mass is 9.86. The molecular formula is C25H27NO7. The lowest BCUT2D eigenvalue weighted by Gasteiger charge is -2.33. The van der Waals surface area contributed by atoms with Gasteiger partial charge in [-0.05, 0) is 30.0 Å². The van der Waals surface area contributed by atoms with E-state index in [0.29, 0.717) is 43.1 Å². The van der Waals surface area contributed by atoms with Gasteiger partial charge in [-0.15, -0.1) is 6.42 Å². The molecule has 2 aromatic rings. The van der Waals surface area contributed by atoms with Crippen molar-refractivity contribution in [1.29, 1.82) is 0 Å². The molecule has 0 radical (unpaired) electrons. The van der Waals surface area contributed by atoms with Crippen molar-refractivity contribution < 1.29 is 28.9 Å². The standard InChI is InChI=1S/C25H27NO7/c1-5-7-33-25(30)18-12-17-16(11-23(18)32-9-6-8-31-4)10-20(15(2)3)26-14-19(24(28)29)22(27)13-21(17)26/h1,11-15,20H,6-10H2,2-4H3,(H,28,29). The number of carbonyl (C=O) groups excluding carboxylic acids is 1. The maximum Gasteiger partial charge on any atom is 0.342 e. The van der Waals surface area contributed by atoms with E-state index in [1.165, 1.54) is 12.3 Å². The zero-order valence-electron chi connectivity index (χ0n) is 18.9. The second kappa shape index (κ2) is 10.4. The lowest BCUT2D eigenvalue weighted by Crippen LogP contribution is -2.28. The van der Waals surface area contributed by atoms with Crippen molar-refractivity contribution in [2.75, 3.05) is 26.9 Å². The summed E-state index contributed by atoms with van der Waals surface area (Å²) >= 11 is 0. The number of nitrogens with zero attached hydrogens (tertiary/aromatic N) is 1. The zero-order chi connectivity index (χ0) is 24.1. The van der Waals surface area contributed by atoms with Crippen LogP contribution >= 0.6 is 0 Å². The monoisotopic (exact) mass is 453 g/mol. The van der Waals surface area contributed by atoms with Crippen LogP contribution in [0.3, 0.4) is 0 Å². The van der Waals surface area contributed by atoms with Gasteiger partial charge in [0.15, 0.2) is 12.0 Å². The summed E-state index contributed by atoms with van der Waals surface area (Å²) in [6.07, 6.45) is 7.82. The Bertz CT molecular complexity index is 1160. The Kier molecular flexibility index (Phi) is 7.56. The average molecular weight is 453 g/mol. The number of rotatable bonds is 9. The second-order valence-corrected chi connectivity index (χ2v) is 8.15. The summed E-state index contributed by atoms with van der Waals surface area (Å²) in [5.74, 6) is 0.879. The molecule has 0 aliphatic carbocycles. The van der Waals surface area contributed by atoms with Gasteiger partial charge in [-0.25, -0.2) is 9.59 Å². The molecule has 8 nitrogen and oxygen atoms in total. The van der Waals surface area contributed by atoms with Crippen LogP contribution < -0.4 is 10.2 Å². The minimum Gasteiger partial charge on any atom is -0.493 e. The van der Waals surface area contributed by atoms with E-state index in [1.807, 2.05) is 18.4 Å². The molecule has 0 bridgehead atoms. The molecule has 1 N–H and O–H groups in total. The minimum atomic E-state index is -1.28. The highest BCUT2D eigenvalue weighted by atomic mass is 16.5. The molecule has 0 fully saturated rings. The molecule has 1 aliphatic rings. The lowest BCUT2D eigenvalue weighted by molar-refractivity contribution is 0.0551. The van der Waals surface area contributed by atoms with Crippen LogP contribution in [0.4, 0.5) is 0 Å². The maximum absolute atomic E-state index is 12.7. The number of esters is 1. The number of hydrogen-bond donors (Lipinski definition) is 1. The first-order valence-corrected chi connectivity index (χ1v) is 10.7. The number of carboxylic acid groups (broad SMARTS) is 1. The number of hydrogen-bond acceptors (Lipinski definition) is 6. The van der Waals surface area contributed by atoms with E-state index in [-0.39, 0.29) is 29.7 Å². The molecule has 3 rings (SSSR count). The number of terminal acetylenes is 1. The summed E-state index contributed by atoms with van der Waals surface area (Å²) in [7, 11) is 1.60. The third kappa shape index (κ3) is 5.10. The van der Waals surface area contributed by atoms with E-state index >= 15 is 0 Å². The predicted octanol–water partition coefficient (Wildman–Crippen LogP) is 3.17. The number of ether oxygens (including phenoxy) is 3. The second-order valence-electron chi connectivity index (χ2n) is 8.15. The van der Waals surface area contributed by atoms with Gasteiger partial charge < -0.3 is 23.9 Å². The van der Waals surface area contributed by atoms with Crippen molar-refractivity contribution in [3.63, 3.8) is 0 Å². The first-order chi connectivity index (χ1) is 15.8. The van der Waals surface area contributed by atoms with Gasteiger partial charge in [0, 0.05) is 44.0 Å². The number of pyridine rings is 1. The summed E-state index contributed by atoms with van der Waals surface area (Å²) in [5, 5.41) is 9.43. The quantitative estimate of drug-likeness (QED) is 0.353. The Balaban J connectivity index is 2.16. The highest BCUT2D eigenvalue weighted by Crippen LogP contribution is 2.40. The predicted molar refractivity (Wildman–Crippen MR) is 122 cm³/mol. The molecule has 1 unspecified atom stereocenters. The van der Waals surface area contributed by atoms with Gasteiger partial charge in [0.1, 0.15) is 16.9 Å². The first-order valence-electron chi connectivity index (χ1n) is 10.7. The van der Waals surface area contributed by atoms with Crippen molar-refractivity contribution in [1.82, 2.24) is 4.57 Å². The van der Waals surface area contributed by atoms with Gasteiger partial charge >= 0.3 is 11.9 Å². The molecule has 174 valence electrons. The van der Waals surface area contributed by atoms with Crippen molar-refractivity contribution in [3.05, 3.63) is 51.3 Å². The fraction of sp³-hybridized carbons (Fsp3) is 0.400. The number of carboxylic acids is 1. The molecule has 33 heavy (non-hydrogen) atoms. The van der Waals surface area contributed by atoms with E-state index in [1.54, 1.807) is 19.2 Å². The summed E-state index contributed by atoms with van der Waals surface area (Å²) in [5.41, 5.74) is 1.39. The molecule has 1 atom stereocenters. The van der Waals surface area contributed by atoms with Gasteiger partial charge in [0.05, 0.1) is 12.3 Å². The Morgan fingerprint density at radius 1 is 1.24 bits per heavy atom. The van der Waals surface area contributed by atoms with Crippen LogP contribution in [0.2, 0.25) is 0 Å². The van der Waals surface area contributed by atoms with Crippen LogP contribution in [0.25, 0.3) is 11.3 Å². The summed E-state index contributed by atoms with van der Waals surface area (Å²) < 4.78 is 17.9. The van der Waals surface area contributed by atoms with Crippen LogP contribution in [0.5, 0.6) is 5.75 Å². The number of methoxy groups -OCH3 is 1. The average Bonchev–Trinajstić information content (AvgIpc) is 2.78. The van der Waals surface area contributed by atoms with Crippen molar-refractivity contribution in [2.24, 2.45) is 5.92 Å². The largest absolute Gasteiger partial charge is 0.493 e. The zero-order valence-corrected chi connectivity index (χ0v) is 18.9. The Labute approximate surface area is 192 Å². The number of carbonyl (C=O) groups is 2. The molecule has 2 heterocycles. The minimum absolute atomic E-state index is 0.0771. The van der Waals surface area contributed by atoms with E-state index in [0.717, 1.165) is 5.56 Å². The highest BCUT2D eigenvalue weighted by molar-refractivity contribution is 5.95. The van der Waals surface area contributed by atoms with E-state index < -0.39 is 17.4 Å². The number of aromatic carboxylic acids is 1. The molecular weight excluding hydrogens is 426 g/mol. The normalized spacial score (nSPS) is 14.2. The summed E-state index contributed by atoms with van der Waals surface area (Å²) in [6.45, 7) is 4.73. The Hall–Kier alpha value is -3.57. The van der Waals surface area contributed by atoms with Gasteiger partial charge in [-0.3, -0.25) is 4.79 Å². The Morgan fingerprint density at radius 3 is 2.64 bits per heavy atom. The van der Waals surface area contributed by atoms with Crippen LogP contribution in [0, 0.1) is 18.3 Å². The van der Waals surface area contributed by atoms with Crippen molar-refractivity contribution >= 4 is 11.9 Å². The highest BCUT2D eigenvalue weighted by Gasteiger charge is 2.30. The first kappa shape index (κ1) is 24.1. The van der Waals surface area contributed by atoms with Crippen molar-refractivity contribution in [3.8, 4) is 29.4 Å². The summed E-state index contributed by atoms with van der Waals surface area (Å²) in [6, 6.07) is 4.66. The van der Waals surface area contributed by atoms with Gasteiger partial charge in [0.25, 0.3) is 0 Å². The molecule has 1 aromatic carbocycles. The molecule has 1 aliphatic heterocycles. The van der Waals surface area contributed by atoms with E-state index in [2.05, 4.69) is 5.92 Å². The SMILES string of the molecule is C#CCOC(=O)c1cc2c(cc1OCCCOC)CC(C(C)C)n1cc(C(=O)O)c(=O)cc1-2. The van der Waals surface area contributed by atoms with E-state index in [4.69, 9.17) is 20.6 Å². The molecule has 0 spiro atoms. The number of aromatic nitrogens is 1. The van der Waals surface area contributed by atoms with Gasteiger partial charge in [0.2, 0.25) is 0 Å². The molecule has 1 aromatic heterocycles. The van der Waals surface area contributed by atoms with Crippen LogP contribution in [-0.4, -0.2) is 48.5 Å². The van der Waals surface area contributed by atoms with Gasteiger partial charge in [-0.1, -0.05) is 19.8 Å². The maximum atomic E-state index is 12.7. The third-order valence-corrected chi connectivity index (χ3v) is 5.60. The number of benzene rings is 1. The van der Waals surface area contributed by atoms with E-state index in [9.17, 15) is 19.5 Å². The fourth-order valence-corrected chi connectivity index (χ4v) is 3.96. The van der Waals surface area contributed by atoms with Crippen LogP contribution in [-0.2, 0) is 15.9 Å². The van der Waals surface area contributed by atoms with Crippen LogP contribution in [0.1, 0.15) is 52.6 Å². The molecule has 0 amide bonds. The summed E-state index contributed by atoms with van der Waals surface area (Å²) in [4.78, 5) is 36.8. The van der Waals surface area contributed by atoms with Gasteiger partial charge in [-0.2, -0.15) is 0 Å². The molecule has 0 saturated carbocycles. The number of fused-ring (bicyclic) bond motifs is 3. The third-order valence-electron chi connectivity index (χ3n) is 5.60. The fourth-order valence-electron chi connectivity index (χ4n) is 3.96. The topological polar surface area (TPSA) is 104 Å². The van der Waals surface area contributed by atoms with Crippen LogP contribution in [0.15, 0.2) is 29.2 Å².